The van der Waals surface area contributed by atoms with Crippen LogP contribution in [-0.4, -0.2) is 60.5 Å². The van der Waals surface area contributed by atoms with Crippen molar-refractivity contribution in [1.82, 2.24) is 15.5 Å². The van der Waals surface area contributed by atoms with Gasteiger partial charge in [0.05, 0.1) is 6.04 Å². The summed E-state index contributed by atoms with van der Waals surface area (Å²) < 4.78 is 0. The number of nitrogens with two attached hydrogens (primary N) is 1. The lowest BCUT2D eigenvalue weighted by Gasteiger charge is -2.38. The Kier molecular flexibility index (Phi) is 12.7. The van der Waals surface area contributed by atoms with Crippen LogP contribution in [0.15, 0.2) is 35.9 Å². The molecule has 0 aromatic heterocycles. The predicted octanol–water partition coefficient (Wildman–Crippen LogP) is 3.57. The number of benzene rings is 1. The number of anilines is 1. The Bertz CT molecular complexity index is 887. The Balaban J connectivity index is 0.00000365. The van der Waals surface area contributed by atoms with E-state index >= 15 is 0 Å². The van der Waals surface area contributed by atoms with Crippen LogP contribution in [0.3, 0.4) is 0 Å². The summed E-state index contributed by atoms with van der Waals surface area (Å²) >= 11 is 0. The number of hydrogen-bond acceptors (Lipinski definition) is 5. The molecule has 0 spiro atoms. The number of nitrogens with zero attached hydrogens (tertiary/aromatic N) is 1. The Morgan fingerprint density at radius 2 is 1.66 bits per heavy atom. The fourth-order valence-electron chi connectivity index (χ4n) is 3.47. The van der Waals surface area contributed by atoms with E-state index in [1.165, 1.54) is 24.3 Å². The van der Waals surface area contributed by atoms with Crippen LogP contribution in [0, 0.1) is 5.41 Å². The Labute approximate surface area is 211 Å². The molecule has 0 saturated carbocycles. The van der Waals surface area contributed by atoms with E-state index in [-0.39, 0.29) is 23.9 Å². The Morgan fingerprint density at radius 3 is 2.09 bits per heavy atom. The smallest absolute Gasteiger partial charge is 0.331 e. The highest BCUT2D eigenvalue weighted by atomic mass is 16.4. The lowest BCUT2D eigenvalue weighted by molar-refractivity contribution is -0.139. The molecule has 0 aliphatic rings. The number of likely N-dealkylation sites (N-methyl/N-ethyl adjacent to an activating group) is 2. The average Bonchev–Trinajstić information content (AvgIpc) is 2.75. The van der Waals surface area contributed by atoms with Gasteiger partial charge in [-0.3, -0.25) is 9.59 Å². The fourth-order valence-corrected chi connectivity index (χ4v) is 3.47. The number of rotatable bonds is 9. The van der Waals surface area contributed by atoms with Gasteiger partial charge < -0.3 is 26.4 Å². The molecule has 1 aromatic rings. The summed E-state index contributed by atoms with van der Waals surface area (Å²) in [7, 11) is 3.29. The van der Waals surface area contributed by atoms with Gasteiger partial charge in [0, 0.05) is 30.3 Å². The zero-order valence-corrected chi connectivity index (χ0v) is 23.2. The Hall–Kier alpha value is -2.87. The van der Waals surface area contributed by atoms with Gasteiger partial charge in [-0.25, -0.2) is 4.79 Å². The van der Waals surface area contributed by atoms with Crippen LogP contribution in [0.25, 0.3) is 0 Å². The quantitative estimate of drug-likeness (QED) is 0.310. The highest BCUT2D eigenvalue weighted by Gasteiger charge is 2.40. The highest BCUT2D eigenvalue weighted by molar-refractivity contribution is 5.91. The molecule has 0 heterocycles. The third-order valence-electron chi connectivity index (χ3n) is 5.69. The van der Waals surface area contributed by atoms with Crippen LogP contribution < -0.4 is 16.4 Å². The van der Waals surface area contributed by atoms with Gasteiger partial charge in [0.1, 0.15) is 6.04 Å². The monoisotopic (exact) mass is 490 g/mol. The largest absolute Gasteiger partial charge is 0.478 e. The maximum absolute atomic E-state index is 13.4. The van der Waals surface area contributed by atoms with Crippen molar-refractivity contribution in [1.29, 1.82) is 0 Å². The van der Waals surface area contributed by atoms with Crippen molar-refractivity contribution in [3.63, 3.8) is 0 Å². The third kappa shape index (κ3) is 9.72. The van der Waals surface area contributed by atoms with Crippen LogP contribution in [0.2, 0.25) is 0 Å². The summed E-state index contributed by atoms with van der Waals surface area (Å²) in [6.07, 6.45) is 2.72. The number of carbonyl (C=O) groups excluding carboxylic acids is 2. The van der Waals surface area contributed by atoms with Crippen LogP contribution >= 0.6 is 0 Å². The maximum atomic E-state index is 13.4. The van der Waals surface area contributed by atoms with Crippen LogP contribution in [0.5, 0.6) is 0 Å². The molecule has 0 fully saturated rings. The summed E-state index contributed by atoms with van der Waals surface area (Å²) in [5, 5.41) is 15.0. The summed E-state index contributed by atoms with van der Waals surface area (Å²) in [5.74, 6) is -1.64. The standard InChI is InChI=1S/C24H38N4O4.C3H8/c1-15(22(31)32)12-13-28(8)21(30)19(23(2,3)4)27-20(29)18(26-7)24(5,6)16-10-9-11-17(25)14-16;1-3-2/h9-12,14,18-19,26H,13,25H2,1-8H3,(H,27,29)(H,31,32);3H2,1-2H3/b15-12+;. The number of amides is 2. The van der Waals surface area contributed by atoms with Crippen molar-refractivity contribution in [2.45, 2.75) is 79.3 Å². The molecule has 8 heteroatoms. The van der Waals surface area contributed by atoms with Crippen molar-refractivity contribution < 1.29 is 19.5 Å². The number of hydrogen-bond donors (Lipinski definition) is 4. The van der Waals surface area contributed by atoms with Crippen molar-refractivity contribution in [2.75, 3.05) is 26.4 Å². The van der Waals surface area contributed by atoms with E-state index < -0.39 is 28.9 Å². The number of carboxylic acids is 1. The van der Waals surface area contributed by atoms with Crippen LogP contribution in [0.1, 0.15) is 67.4 Å². The molecule has 2 atom stereocenters. The molecular weight excluding hydrogens is 444 g/mol. The minimum Gasteiger partial charge on any atom is -0.478 e. The molecular formula is C27H46N4O4. The first-order chi connectivity index (χ1) is 16.0. The SMILES string of the molecule is CCC.CNC(C(=O)NC(C(=O)N(C)C/C=C(\C)C(=O)O)C(C)(C)C)C(C)(C)c1cccc(N)c1. The number of carbonyl (C=O) groups is 3. The normalized spacial score (nSPS) is 13.7. The molecule has 35 heavy (non-hydrogen) atoms. The first-order valence-corrected chi connectivity index (χ1v) is 12.0. The van der Waals surface area contributed by atoms with Gasteiger partial charge in [0.15, 0.2) is 0 Å². The number of carboxylic acid groups (broad SMARTS) is 1. The van der Waals surface area contributed by atoms with Gasteiger partial charge in [-0.2, -0.15) is 0 Å². The van der Waals surface area contributed by atoms with Crippen LogP contribution in [-0.2, 0) is 19.8 Å². The van der Waals surface area contributed by atoms with Gasteiger partial charge >= 0.3 is 5.97 Å². The van der Waals surface area contributed by atoms with E-state index in [9.17, 15) is 14.4 Å². The van der Waals surface area contributed by atoms with Gasteiger partial charge in [-0.1, -0.05) is 73.1 Å². The Morgan fingerprint density at radius 1 is 1.11 bits per heavy atom. The summed E-state index contributed by atoms with van der Waals surface area (Å²) in [6.45, 7) is 15.4. The van der Waals surface area contributed by atoms with E-state index in [4.69, 9.17) is 10.8 Å². The lowest BCUT2D eigenvalue weighted by Crippen LogP contribution is -2.60. The van der Waals surface area contributed by atoms with Crippen molar-refractivity contribution in [3.8, 4) is 0 Å². The molecule has 1 rings (SSSR count). The number of nitrogens with one attached hydrogen (secondary N) is 2. The first-order valence-electron chi connectivity index (χ1n) is 12.0. The average molecular weight is 491 g/mol. The number of nitrogen functional groups attached to an aromatic ring is 1. The zero-order chi connectivity index (χ0) is 27.6. The molecule has 0 bridgehead atoms. The molecule has 0 aliphatic carbocycles. The highest BCUT2D eigenvalue weighted by Crippen LogP contribution is 2.29. The summed E-state index contributed by atoms with van der Waals surface area (Å²) in [4.78, 5) is 39.0. The molecule has 2 unspecified atom stereocenters. The van der Waals surface area contributed by atoms with Gasteiger partial charge in [-0.05, 0) is 37.1 Å². The molecule has 0 radical (unpaired) electrons. The molecule has 0 saturated heterocycles. The minimum absolute atomic E-state index is 0.129. The molecule has 0 aliphatic heterocycles. The number of aliphatic carboxylic acids is 1. The van der Waals surface area contributed by atoms with Crippen LogP contribution in [0.4, 0.5) is 5.69 Å². The summed E-state index contributed by atoms with van der Waals surface area (Å²) in [5.41, 5.74) is 6.44. The minimum atomic E-state index is -1.04. The second-order valence-corrected chi connectivity index (χ2v) is 10.5. The van der Waals surface area contributed by atoms with E-state index in [1.807, 2.05) is 52.8 Å². The summed E-state index contributed by atoms with van der Waals surface area (Å²) in [6, 6.07) is 5.98. The first kappa shape index (κ1) is 32.1. The molecule has 198 valence electrons. The molecule has 5 N–H and O–H groups in total. The van der Waals surface area contributed by atoms with Crippen molar-refractivity contribution in [3.05, 3.63) is 41.5 Å². The van der Waals surface area contributed by atoms with Gasteiger partial charge in [-0.15, -0.1) is 0 Å². The topological polar surface area (TPSA) is 125 Å². The molecule has 1 aromatic carbocycles. The van der Waals surface area contributed by atoms with E-state index in [1.54, 1.807) is 20.2 Å². The van der Waals surface area contributed by atoms with Crippen molar-refractivity contribution in [2.24, 2.45) is 5.41 Å². The van der Waals surface area contributed by atoms with E-state index in [0.717, 1.165) is 5.56 Å². The lowest BCUT2D eigenvalue weighted by atomic mass is 9.76. The second-order valence-electron chi connectivity index (χ2n) is 10.5. The molecule has 2 amide bonds. The fraction of sp³-hybridized carbons (Fsp3) is 0.593. The van der Waals surface area contributed by atoms with Gasteiger partial charge in [0.25, 0.3) is 0 Å². The third-order valence-corrected chi connectivity index (χ3v) is 5.69. The second kappa shape index (κ2) is 13.9. The maximum Gasteiger partial charge on any atom is 0.331 e. The molecule has 8 nitrogen and oxygen atoms in total. The van der Waals surface area contributed by atoms with Crippen molar-refractivity contribution >= 4 is 23.5 Å². The predicted molar refractivity (Wildman–Crippen MR) is 143 cm³/mol. The zero-order valence-electron chi connectivity index (χ0n) is 23.2. The van der Waals surface area contributed by atoms with E-state index in [2.05, 4.69) is 24.5 Å². The van der Waals surface area contributed by atoms with E-state index in [0.29, 0.717) is 5.69 Å². The van der Waals surface area contributed by atoms with Gasteiger partial charge in [0.2, 0.25) is 11.8 Å².